The van der Waals surface area contributed by atoms with Gasteiger partial charge in [-0.15, -0.1) is 0 Å². The molecule has 6 heteroatoms. The fourth-order valence-corrected chi connectivity index (χ4v) is 1.84. The molecule has 104 valence electrons. The maximum absolute atomic E-state index is 11.0. The summed E-state index contributed by atoms with van der Waals surface area (Å²) in [6.45, 7) is 1.66. The smallest absolute Gasteiger partial charge is 0.296 e. The number of ether oxygens (including phenoxy) is 1. The van der Waals surface area contributed by atoms with Crippen molar-refractivity contribution >= 4 is 11.4 Å². The van der Waals surface area contributed by atoms with Gasteiger partial charge in [-0.25, -0.2) is 0 Å². The molecule has 19 heavy (non-hydrogen) atoms. The third-order valence-electron chi connectivity index (χ3n) is 3.08. The number of methoxy groups -OCH3 is 1. The highest BCUT2D eigenvalue weighted by Gasteiger charge is 2.19. The zero-order chi connectivity index (χ0) is 13.7. The molecular weight excluding hydrogens is 246 g/mol. The molecule has 1 aromatic rings. The molecule has 2 N–H and O–H groups in total. The van der Waals surface area contributed by atoms with Gasteiger partial charge in [0.15, 0.2) is 0 Å². The van der Waals surface area contributed by atoms with Crippen LogP contribution in [0.25, 0.3) is 0 Å². The summed E-state index contributed by atoms with van der Waals surface area (Å²) in [6.07, 6.45) is 3.49. The van der Waals surface area contributed by atoms with Crippen molar-refractivity contribution in [2.24, 2.45) is 0 Å². The lowest BCUT2D eigenvalue weighted by Crippen LogP contribution is -2.20. The van der Waals surface area contributed by atoms with E-state index in [1.54, 1.807) is 12.1 Å². The van der Waals surface area contributed by atoms with E-state index in [0.717, 1.165) is 13.0 Å². The summed E-state index contributed by atoms with van der Waals surface area (Å²) in [4.78, 5) is 10.6. The van der Waals surface area contributed by atoms with Crippen LogP contribution in [0.3, 0.4) is 0 Å². The van der Waals surface area contributed by atoms with Crippen LogP contribution in [0.2, 0.25) is 0 Å². The largest absolute Gasteiger partial charge is 0.496 e. The Balaban J connectivity index is 1.85. The highest BCUT2D eigenvalue weighted by Crippen LogP contribution is 2.28. The van der Waals surface area contributed by atoms with Crippen LogP contribution in [-0.2, 0) is 0 Å². The van der Waals surface area contributed by atoms with Crippen molar-refractivity contribution in [3.05, 3.63) is 28.3 Å². The highest BCUT2D eigenvalue weighted by atomic mass is 16.6. The molecule has 0 bridgehead atoms. The Hall–Kier alpha value is -1.82. The molecule has 1 aliphatic carbocycles. The summed E-state index contributed by atoms with van der Waals surface area (Å²) < 4.78 is 4.99. The fraction of sp³-hybridized carbons (Fsp3) is 0.538. The van der Waals surface area contributed by atoms with E-state index in [0.29, 0.717) is 24.0 Å². The summed E-state index contributed by atoms with van der Waals surface area (Å²) in [5, 5.41) is 17.5. The average molecular weight is 265 g/mol. The van der Waals surface area contributed by atoms with Crippen molar-refractivity contribution in [3.63, 3.8) is 0 Å². The molecule has 0 heterocycles. The Morgan fingerprint density at radius 3 is 2.84 bits per heavy atom. The molecule has 0 radical (unpaired) electrons. The van der Waals surface area contributed by atoms with Crippen molar-refractivity contribution in [2.75, 3.05) is 25.5 Å². The van der Waals surface area contributed by atoms with Crippen LogP contribution in [-0.4, -0.2) is 31.2 Å². The first-order valence-corrected chi connectivity index (χ1v) is 6.50. The van der Waals surface area contributed by atoms with Gasteiger partial charge in [-0.05, 0) is 37.9 Å². The Morgan fingerprint density at radius 1 is 1.42 bits per heavy atom. The molecule has 6 nitrogen and oxygen atoms in total. The Labute approximate surface area is 112 Å². The highest BCUT2D eigenvalue weighted by molar-refractivity contribution is 5.63. The minimum atomic E-state index is -0.396. The number of rotatable bonds is 8. The van der Waals surface area contributed by atoms with Gasteiger partial charge in [0.1, 0.15) is 11.4 Å². The van der Waals surface area contributed by atoms with Crippen LogP contribution < -0.4 is 15.4 Å². The standard InChI is InChI=1S/C13H19N3O3/c1-19-11-5-6-12(13(9-11)16(17)18)15-8-2-7-14-10-3-4-10/h5-6,9-10,14-15H,2-4,7-8H2,1H3. The molecule has 0 saturated heterocycles. The van der Waals surface area contributed by atoms with Crippen molar-refractivity contribution in [1.82, 2.24) is 5.32 Å². The summed E-state index contributed by atoms with van der Waals surface area (Å²) >= 11 is 0. The summed E-state index contributed by atoms with van der Waals surface area (Å²) in [6, 6.07) is 5.55. The van der Waals surface area contributed by atoms with E-state index < -0.39 is 4.92 Å². The molecule has 0 unspecified atom stereocenters. The summed E-state index contributed by atoms with van der Waals surface area (Å²) in [7, 11) is 1.50. The van der Waals surface area contributed by atoms with Crippen molar-refractivity contribution < 1.29 is 9.66 Å². The number of hydrogen-bond donors (Lipinski definition) is 2. The minimum Gasteiger partial charge on any atom is -0.496 e. The van der Waals surface area contributed by atoms with Crippen LogP contribution >= 0.6 is 0 Å². The maximum Gasteiger partial charge on any atom is 0.296 e. The van der Waals surface area contributed by atoms with Crippen molar-refractivity contribution in [3.8, 4) is 5.75 Å². The Morgan fingerprint density at radius 2 is 2.21 bits per heavy atom. The Bertz CT molecular complexity index is 447. The number of hydrogen-bond acceptors (Lipinski definition) is 5. The number of nitro groups is 1. The molecule has 0 atom stereocenters. The van der Waals surface area contributed by atoms with Gasteiger partial charge in [-0.2, -0.15) is 0 Å². The van der Waals surface area contributed by atoms with E-state index in [-0.39, 0.29) is 5.69 Å². The second-order valence-electron chi connectivity index (χ2n) is 4.65. The SMILES string of the molecule is COc1ccc(NCCCNC2CC2)c([N+](=O)[O-])c1. The second-order valence-corrected chi connectivity index (χ2v) is 4.65. The molecule has 0 aromatic heterocycles. The molecule has 0 aliphatic heterocycles. The van der Waals surface area contributed by atoms with Gasteiger partial charge >= 0.3 is 0 Å². The van der Waals surface area contributed by atoms with Gasteiger partial charge in [-0.3, -0.25) is 10.1 Å². The maximum atomic E-state index is 11.0. The van der Waals surface area contributed by atoms with Gasteiger partial charge < -0.3 is 15.4 Å². The number of nitro benzene ring substituents is 1. The summed E-state index contributed by atoms with van der Waals surface area (Å²) in [5.74, 6) is 0.493. The number of nitrogens with one attached hydrogen (secondary N) is 2. The Kier molecular flexibility index (Phi) is 4.57. The lowest BCUT2D eigenvalue weighted by atomic mass is 10.2. The van der Waals surface area contributed by atoms with Gasteiger partial charge in [0.2, 0.25) is 0 Å². The molecular formula is C13H19N3O3. The topological polar surface area (TPSA) is 76.4 Å². The van der Waals surface area contributed by atoms with Crippen LogP contribution in [0.5, 0.6) is 5.75 Å². The molecule has 1 fully saturated rings. The molecule has 2 rings (SSSR count). The first kappa shape index (κ1) is 13.6. The molecule has 0 amide bonds. The lowest BCUT2D eigenvalue weighted by Gasteiger charge is -2.08. The first-order chi connectivity index (χ1) is 9.20. The van der Waals surface area contributed by atoms with E-state index >= 15 is 0 Å². The van der Waals surface area contributed by atoms with E-state index in [1.807, 2.05) is 0 Å². The van der Waals surface area contributed by atoms with Crippen molar-refractivity contribution in [1.29, 1.82) is 0 Å². The first-order valence-electron chi connectivity index (χ1n) is 6.50. The van der Waals surface area contributed by atoms with E-state index in [1.165, 1.54) is 26.0 Å². The van der Waals surface area contributed by atoms with Crippen LogP contribution in [0.1, 0.15) is 19.3 Å². The lowest BCUT2D eigenvalue weighted by molar-refractivity contribution is -0.384. The number of benzene rings is 1. The zero-order valence-corrected chi connectivity index (χ0v) is 11.0. The van der Waals surface area contributed by atoms with Crippen molar-refractivity contribution in [2.45, 2.75) is 25.3 Å². The minimum absolute atomic E-state index is 0.0505. The van der Waals surface area contributed by atoms with Gasteiger partial charge in [0, 0.05) is 12.6 Å². The average Bonchev–Trinajstić information content (AvgIpc) is 3.22. The summed E-state index contributed by atoms with van der Waals surface area (Å²) in [5.41, 5.74) is 0.590. The number of nitrogens with zero attached hydrogens (tertiary/aromatic N) is 1. The van der Waals surface area contributed by atoms with E-state index in [4.69, 9.17) is 4.74 Å². The van der Waals surface area contributed by atoms with Crippen LogP contribution in [0.15, 0.2) is 18.2 Å². The molecule has 1 saturated carbocycles. The molecule has 1 aliphatic rings. The normalized spacial score (nSPS) is 14.2. The second kappa shape index (κ2) is 6.38. The monoisotopic (exact) mass is 265 g/mol. The van der Waals surface area contributed by atoms with E-state index in [2.05, 4.69) is 10.6 Å². The van der Waals surface area contributed by atoms with Gasteiger partial charge in [0.05, 0.1) is 18.1 Å². The van der Waals surface area contributed by atoms with Crippen LogP contribution in [0, 0.1) is 10.1 Å². The number of anilines is 1. The third-order valence-corrected chi connectivity index (χ3v) is 3.08. The van der Waals surface area contributed by atoms with Gasteiger partial charge in [0.25, 0.3) is 5.69 Å². The van der Waals surface area contributed by atoms with E-state index in [9.17, 15) is 10.1 Å². The third kappa shape index (κ3) is 4.10. The quantitative estimate of drug-likeness (QED) is 0.428. The molecule has 1 aromatic carbocycles. The fourth-order valence-electron chi connectivity index (χ4n) is 1.84. The van der Waals surface area contributed by atoms with Crippen LogP contribution in [0.4, 0.5) is 11.4 Å². The molecule has 0 spiro atoms. The van der Waals surface area contributed by atoms with Gasteiger partial charge in [-0.1, -0.05) is 0 Å². The zero-order valence-electron chi connectivity index (χ0n) is 11.0. The predicted molar refractivity (Wildman–Crippen MR) is 73.8 cm³/mol. The predicted octanol–water partition coefficient (Wildman–Crippen LogP) is 2.16.